The minimum absolute atomic E-state index is 0.00463. The topological polar surface area (TPSA) is 26.3 Å². The Hall–Kier alpha value is -0.530. The summed E-state index contributed by atoms with van der Waals surface area (Å²) in [6.45, 7) is 10.3. The van der Waals surface area contributed by atoms with E-state index in [0.29, 0.717) is 0 Å². The van der Waals surface area contributed by atoms with Crippen molar-refractivity contribution in [2.75, 3.05) is 7.11 Å². The molecular weight excluding hydrogens is 164 g/mol. The molecule has 0 N–H and O–H groups in total. The van der Waals surface area contributed by atoms with E-state index < -0.39 is 0 Å². The predicted octanol–water partition coefficient (Wildman–Crippen LogP) is 3.26. The average molecular weight is 188 g/mol. The Kier molecular flexibility index (Phi) is 11.0. The van der Waals surface area contributed by atoms with Crippen LogP contribution in [0.3, 0.4) is 0 Å². The lowest BCUT2D eigenvalue weighted by atomic mass is 10.1. The molecule has 0 aromatic carbocycles. The number of ether oxygens (including phenoxy) is 1. The van der Waals surface area contributed by atoms with Crippen molar-refractivity contribution >= 4 is 5.97 Å². The van der Waals surface area contributed by atoms with E-state index in [9.17, 15) is 4.79 Å². The van der Waals surface area contributed by atoms with Crippen LogP contribution in [0, 0.1) is 11.8 Å². The number of methoxy groups -OCH3 is 1. The van der Waals surface area contributed by atoms with E-state index in [4.69, 9.17) is 0 Å². The highest BCUT2D eigenvalue weighted by molar-refractivity contribution is 5.71. The van der Waals surface area contributed by atoms with E-state index in [1.54, 1.807) is 13.8 Å². The summed E-state index contributed by atoms with van der Waals surface area (Å²) in [4.78, 5) is 10.3. The molecule has 0 bridgehead atoms. The highest BCUT2D eigenvalue weighted by Gasteiger charge is 2.03. The SMILES string of the molecule is CCC(C)CC.COC(=O)C(C)C. The Morgan fingerprint density at radius 2 is 1.54 bits per heavy atom. The third-order valence-corrected chi connectivity index (χ3v) is 2.07. The second-order valence-corrected chi connectivity index (χ2v) is 3.60. The Balaban J connectivity index is 0. The molecule has 0 aliphatic rings. The van der Waals surface area contributed by atoms with Gasteiger partial charge >= 0.3 is 5.97 Å². The van der Waals surface area contributed by atoms with Gasteiger partial charge < -0.3 is 4.74 Å². The molecule has 0 aliphatic heterocycles. The lowest BCUT2D eigenvalue weighted by Gasteiger charge is -1.98. The molecule has 13 heavy (non-hydrogen) atoms. The number of hydrogen-bond donors (Lipinski definition) is 0. The standard InChI is InChI=1S/C6H14.C5H10O2/c1-4-6(3)5-2;1-4(2)5(6)7-3/h6H,4-5H2,1-3H3;4H,1-3H3. The third kappa shape index (κ3) is 11.5. The monoisotopic (exact) mass is 188 g/mol. The predicted molar refractivity (Wildman–Crippen MR) is 56.6 cm³/mol. The highest BCUT2D eigenvalue weighted by atomic mass is 16.5. The number of esters is 1. The Morgan fingerprint density at radius 3 is 1.54 bits per heavy atom. The number of carbonyl (C=O) groups excluding carboxylic acids is 1. The van der Waals surface area contributed by atoms with E-state index in [1.165, 1.54) is 20.0 Å². The molecule has 0 aliphatic carbocycles. The van der Waals surface area contributed by atoms with E-state index in [1.807, 2.05) is 0 Å². The lowest BCUT2D eigenvalue weighted by Crippen LogP contribution is -2.07. The molecule has 0 saturated heterocycles. The van der Waals surface area contributed by atoms with Crippen LogP contribution >= 0.6 is 0 Å². The Morgan fingerprint density at radius 1 is 1.15 bits per heavy atom. The first-order chi connectivity index (χ1) is 5.99. The van der Waals surface area contributed by atoms with Crippen LogP contribution in [0.1, 0.15) is 47.5 Å². The number of carbonyl (C=O) groups is 1. The van der Waals surface area contributed by atoms with Crippen molar-refractivity contribution in [3.63, 3.8) is 0 Å². The second-order valence-electron chi connectivity index (χ2n) is 3.60. The molecular formula is C11H24O2. The van der Waals surface area contributed by atoms with Gasteiger partial charge in [0.2, 0.25) is 0 Å². The molecule has 0 amide bonds. The molecule has 0 fully saturated rings. The van der Waals surface area contributed by atoms with Crippen molar-refractivity contribution in [2.45, 2.75) is 47.5 Å². The summed E-state index contributed by atoms with van der Waals surface area (Å²) in [5.74, 6) is 0.787. The summed E-state index contributed by atoms with van der Waals surface area (Å²) < 4.78 is 4.37. The molecule has 0 aromatic heterocycles. The van der Waals surface area contributed by atoms with Gasteiger partial charge in [0.15, 0.2) is 0 Å². The first-order valence-electron chi connectivity index (χ1n) is 5.07. The minimum atomic E-state index is -0.153. The van der Waals surface area contributed by atoms with Gasteiger partial charge in [-0.1, -0.05) is 47.5 Å². The van der Waals surface area contributed by atoms with Crippen molar-refractivity contribution in [1.82, 2.24) is 0 Å². The van der Waals surface area contributed by atoms with Crippen molar-refractivity contribution in [2.24, 2.45) is 11.8 Å². The fraction of sp³-hybridized carbons (Fsp3) is 0.909. The molecule has 0 heterocycles. The van der Waals surface area contributed by atoms with Crippen LogP contribution in [-0.4, -0.2) is 13.1 Å². The van der Waals surface area contributed by atoms with Gasteiger partial charge in [-0.15, -0.1) is 0 Å². The minimum Gasteiger partial charge on any atom is -0.469 e. The van der Waals surface area contributed by atoms with E-state index in [-0.39, 0.29) is 11.9 Å². The van der Waals surface area contributed by atoms with Crippen molar-refractivity contribution in [1.29, 1.82) is 0 Å². The van der Waals surface area contributed by atoms with Crippen molar-refractivity contribution < 1.29 is 9.53 Å². The molecule has 0 atom stereocenters. The maximum atomic E-state index is 10.3. The van der Waals surface area contributed by atoms with Gasteiger partial charge in [0, 0.05) is 0 Å². The molecule has 80 valence electrons. The van der Waals surface area contributed by atoms with Gasteiger partial charge in [-0.05, 0) is 5.92 Å². The fourth-order valence-corrected chi connectivity index (χ4v) is 0.524. The summed E-state index contributed by atoms with van der Waals surface area (Å²) in [6, 6.07) is 0. The molecule has 0 rings (SSSR count). The normalized spacial score (nSPS) is 9.54. The third-order valence-electron chi connectivity index (χ3n) is 2.07. The van der Waals surface area contributed by atoms with Crippen LogP contribution in [0.15, 0.2) is 0 Å². The largest absolute Gasteiger partial charge is 0.469 e. The molecule has 0 aromatic rings. The van der Waals surface area contributed by atoms with E-state index in [0.717, 1.165) is 5.92 Å². The van der Waals surface area contributed by atoms with Gasteiger partial charge in [0.05, 0.1) is 13.0 Å². The summed E-state index contributed by atoms with van der Waals surface area (Å²) in [7, 11) is 1.39. The van der Waals surface area contributed by atoms with Crippen LogP contribution in [0.5, 0.6) is 0 Å². The van der Waals surface area contributed by atoms with Crippen LogP contribution in [-0.2, 0) is 9.53 Å². The van der Waals surface area contributed by atoms with Gasteiger partial charge in [-0.3, -0.25) is 4.79 Å². The van der Waals surface area contributed by atoms with Gasteiger partial charge in [-0.25, -0.2) is 0 Å². The maximum absolute atomic E-state index is 10.3. The molecule has 2 heteroatoms. The zero-order valence-electron chi connectivity index (χ0n) is 9.89. The second kappa shape index (κ2) is 9.56. The van der Waals surface area contributed by atoms with Crippen LogP contribution in [0.4, 0.5) is 0 Å². The van der Waals surface area contributed by atoms with Crippen molar-refractivity contribution in [3.05, 3.63) is 0 Å². The summed E-state index contributed by atoms with van der Waals surface area (Å²) in [5, 5.41) is 0. The highest BCUT2D eigenvalue weighted by Crippen LogP contribution is 2.02. The van der Waals surface area contributed by atoms with E-state index in [2.05, 4.69) is 25.5 Å². The quantitative estimate of drug-likeness (QED) is 0.635. The first-order valence-corrected chi connectivity index (χ1v) is 5.07. The summed E-state index contributed by atoms with van der Waals surface area (Å²) in [5.41, 5.74) is 0. The maximum Gasteiger partial charge on any atom is 0.308 e. The van der Waals surface area contributed by atoms with Crippen LogP contribution in [0.25, 0.3) is 0 Å². The van der Waals surface area contributed by atoms with Gasteiger partial charge in [0.1, 0.15) is 0 Å². The Bertz CT molecular complexity index is 115. The zero-order valence-corrected chi connectivity index (χ0v) is 9.89. The lowest BCUT2D eigenvalue weighted by molar-refractivity contribution is -0.144. The van der Waals surface area contributed by atoms with Gasteiger partial charge in [0.25, 0.3) is 0 Å². The van der Waals surface area contributed by atoms with Crippen LogP contribution in [0.2, 0.25) is 0 Å². The van der Waals surface area contributed by atoms with E-state index >= 15 is 0 Å². The average Bonchev–Trinajstić information content (AvgIpc) is 2.16. The van der Waals surface area contributed by atoms with Crippen LogP contribution < -0.4 is 0 Å². The first kappa shape index (κ1) is 15.0. The fourth-order valence-electron chi connectivity index (χ4n) is 0.524. The summed E-state index contributed by atoms with van der Waals surface area (Å²) >= 11 is 0. The molecule has 0 saturated carbocycles. The molecule has 0 spiro atoms. The number of hydrogen-bond acceptors (Lipinski definition) is 2. The molecule has 0 unspecified atom stereocenters. The smallest absolute Gasteiger partial charge is 0.308 e. The molecule has 2 nitrogen and oxygen atoms in total. The van der Waals surface area contributed by atoms with Gasteiger partial charge in [-0.2, -0.15) is 0 Å². The molecule has 0 radical (unpaired) electrons. The Labute approximate surface area is 82.7 Å². The van der Waals surface area contributed by atoms with Crippen molar-refractivity contribution in [3.8, 4) is 0 Å². The zero-order chi connectivity index (χ0) is 10.9. The summed E-state index contributed by atoms with van der Waals surface area (Å²) in [6.07, 6.45) is 2.66. The number of rotatable bonds is 3.